The number of benzene rings is 2. The molecule has 2 aromatic carbocycles. The van der Waals surface area contributed by atoms with E-state index in [-0.39, 0.29) is 11.3 Å². The lowest BCUT2D eigenvalue weighted by atomic mass is 9.86. The van der Waals surface area contributed by atoms with Crippen LogP contribution in [-0.4, -0.2) is 31.3 Å². The first-order chi connectivity index (χ1) is 18.0. The maximum absolute atomic E-state index is 13.4. The maximum atomic E-state index is 13.4. The lowest BCUT2D eigenvalue weighted by molar-refractivity contribution is 0.102. The van der Waals surface area contributed by atoms with Gasteiger partial charge in [0.2, 0.25) is 0 Å². The summed E-state index contributed by atoms with van der Waals surface area (Å²) in [6, 6.07) is 13.0. The van der Waals surface area contributed by atoms with Gasteiger partial charge in [-0.2, -0.15) is 0 Å². The Labute approximate surface area is 229 Å². The minimum absolute atomic E-state index is 0.132. The summed E-state index contributed by atoms with van der Waals surface area (Å²) in [6.07, 6.45) is 5.21. The van der Waals surface area contributed by atoms with Crippen LogP contribution in [-0.2, 0) is 5.41 Å². The zero-order chi connectivity index (χ0) is 28.0. The van der Waals surface area contributed by atoms with Crippen molar-refractivity contribution >= 4 is 46.4 Å². The Bertz CT molecular complexity index is 1320. The first kappa shape index (κ1) is 28.7. The second-order valence-corrected chi connectivity index (χ2v) is 10.4. The highest BCUT2D eigenvalue weighted by Gasteiger charge is 2.21. The molecule has 0 saturated heterocycles. The van der Waals surface area contributed by atoms with E-state index in [4.69, 9.17) is 16.3 Å². The Morgan fingerprint density at radius 1 is 1.11 bits per heavy atom. The number of nitrogens with zero attached hydrogens (tertiary/aromatic N) is 2. The van der Waals surface area contributed by atoms with Crippen LogP contribution in [0.4, 0.5) is 22.9 Å². The second kappa shape index (κ2) is 12.1. The highest BCUT2D eigenvalue weighted by atomic mass is 32.2. The summed E-state index contributed by atoms with van der Waals surface area (Å²) in [5.74, 6) is 7.37. The van der Waals surface area contributed by atoms with Crippen LogP contribution in [0.15, 0.2) is 54.9 Å². The zero-order valence-electron chi connectivity index (χ0n) is 23.0. The molecule has 38 heavy (non-hydrogen) atoms. The van der Waals surface area contributed by atoms with Crippen molar-refractivity contribution in [2.75, 3.05) is 40.8 Å². The molecule has 202 valence electrons. The number of aromatic nitrogens is 1. The van der Waals surface area contributed by atoms with Gasteiger partial charge in [-0.05, 0) is 59.9 Å². The molecule has 7 N–H and O–H groups in total. The van der Waals surface area contributed by atoms with E-state index in [1.165, 1.54) is 17.0 Å². The van der Waals surface area contributed by atoms with Crippen molar-refractivity contribution in [1.82, 2.24) is 4.98 Å². The lowest BCUT2D eigenvalue weighted by Crippen LogP contribution is -2.27. The van der Waals surface area contributed by atoms with Crippen LogP contribution in [0.2, 0.25) is 0 Å². The number of anilines is 4. The van der Waals surface area contributed by atoms with E-state index >= 15 is 0 Å². The Morgan fingerprint density at radius 2 is 1.79 bits per heavy atom. The number of rotatable bonds is 9. The van der Waals surface area contributed by atoms with Crippen LogP contribution in [0.3, 0.4) is 0 Å². The summed E-state index contributed by atoms with van der Waals surface area (Å²) in [6.45, 7) is 8.28. The molecule has 3 rings (SSSR count). The smallest absolute Gasteiger partial charge is 0.255 e. The first-order valence-electron chi connectivity index (χ1n) is 12.1. The number of nitrogens with two attached hydrogens (primary N) is 2. The van der Waals surface area contributed by atoms with Crippen molar-refractivity contribution < 1.29 is 9.53 Å². The standard InChI is InChI=1S/C28H37N7O2S/c1-17-8-9-18(12-24(17)35(30)16-21(29)19-10-11-25(31-5)32-15-19)27(36)33-22-13-20(28(2,3)4)14-23(34-38-7)26(22)37-6/h8-16,34H,29-30H2,1-7H3,(H,31,32)(H,33,36)/b21-16-. The van der Waals surface area contributed by atoms with E-state index in [9.17, 15) is 4.79 Å². The number of ether oxygens (including phenoxy) is 1. The van der Waals surface area contributed by atoms with Crippen molar-refractivity contribution in [2.45, 2.75) is 33.1 Å². The minimum atomic E-state index is -0.289. The monoisotopic (exact) mass is 535 g/mol. The van der Waals surface area contributed by atoms with Crippen LogP contribution < -0.4 is 36.7 Å². The normalized spacial score (nSPS) is 11.6. The Morgan fingerprint density at radius 3 is 2.37 bits per heavy atom. The van der Waals surface area contributed by atoms with Gasteiger partial charge in [0.1, 0.15) is 5.82 Å². The van der Waals surface area contributed by atoms with Crippen LogP contribution in [0.5, 0.6) is 5.75 Å². The highest BCUT2D eigenvalue weighted by Crippen LogP contribution is 2.39. The summed E-state index contributed by atoms with van der Waals surface area (Å²) >= 11 is 1.45. The van der Waals surface area contributed by atoms with E-state index in [2.05, 4.69) is 41.1 Å². The zero-order valence-corrected chi connectivity index (χ0v) is 23.8. The first-order valence-corrected chi connectivity index (χ1v) is 13.3. The van der Waals surface area contributed by atoms with Crippen molar-refractivity contribution in [2.24, 2.45) is 11.6 Å². The average Bonchev–Trinajstić information content (AvgIpc) is 2.88. The number of hydrazine groups is 1. The molecule has 1 amide bonds. The number of nitrogens with one attached hydrogen (secondary N) is 3. The fourth-order valence-electron chi connectivity index (χ4n) is 3.79. The molecule has 0 aliphatic heterocycles. The van der Waals surface area contributed by atoms with E-state index < -0.39 is 0 Å². The molecular weight excluding hydrogens is 498 g/mol. The predicted octanol–water partition coefficient (Wildman–Crippen LogP) is 5.32. The van der Waals surface area contributed by atoms with Gasteiger partial charge < -0.3 is 25.8 Å². The number of carbonyl (C=O) groups excluding carboxylic acids is 1. The highest BCUT2D eigenvalue weighted by molar-refractivity contribution is 7.99. The molecule has 0 spiro atoms. The number of carbonyl (C=O) groups is 1. The van der Waals surface area contributed by atoms with E-state index in [0.717, 1.165) is 28.2 Å². The Kier molecular flexibility index (Phi) is 9.13. The average molecular weight is 536 g/mol. The summed E-state index contributed by atoms with van der Waals surface area (Å²) < 4.78 is 8.92. The SMILES string of the molecule is CNc1ccc(/C(N)=C/N(N)c2cc(C(=O)Nc3cc(C(C)(C)C)cc(NSC)c3OC)ccc2C)cn1. The fourth-order valence-corrected chi connectivity index (χ4v) is 4.16. The molecule has 1 aromatic heterocycles. The number of hydrogen-bond donors (Lipinski definition) is 5. The van der Waals surface area contributed by atoms with Gasteiger partial charge in [-0.25, -0.2) is 10.8 Å². The van der Waals surface area contributed by atoms with Crippen LogP contribution in [0, 0.1) is 6.92 Å². The third kappa shape index (κ3) is 6.70. The maximum Gasteiger partial charge on any atom is 0.255 e. The van der Waals surface area contributed by atoms with Gasteiger partial charge in [0.05, 0.1) is 29.9 Å². The minimum Gasteiger partial charge on any atom is -0.492 e. The van der Waals surface area contributed by atoms with Crippen molar-refractivity contribution in [3.05, 3.63) is 77.1 Å². The van der Waals surface area contributed by atoms with Gasteiger partial charge in [-0.1, -0.05) is 38.8 Å². The van der Waals surface area contributed by atoms with Crippen LogP contribution >= 0.6 is 11.9 Å². The molecule has 0 atom stereocenters. The fraction of sp³-hybridized carbons (Fsp3) is 0.286. The molecule has 0 unspecified atom stereocenters. The van der Waals surface area contributed by atoms with Gasteiger partial charge >= 0.3 is 0 Å². The van der Waals surface area contributed by atoms with Crippen LogP contribution in [0.25, 0.3) is 5.70 Å². The van der Waals surface area contributed by atoms with Crippen molar-refractivity contribution in [1.29, 1.82) is 0 Å². The van der Waals surface area contributed by atoms with E-state index in [1.807, 2.05) is 43.5 Å². The number of aryl methyl sites for hydroxylation is 1. The van der Waals surface area contributed by atoms with Gasteiger partial charge in [0.25, 0.3) is 5.91 Å². The number of pyridine rings is 1. The van der Waals surface area contributed by atoms with Crippen molar-refractivity contribution in [3.63, 3.8) is 0 Å². The molecule has 0 fully saturated rings. The topological polar surface area (TPSA) is 131 Å². The predicted molar refractivity (Wildman–Crippen MR) is 161 cm³/mol. The molecule has 10 heteroatoms. The molecule has 0 aliphatic rings. The summed E-state index contributed by atoms with van der Waals surface area (Å²) in [5.41, 5.74) is 11.7. The third-order valence-electron chi connectivity index (χ3n) is 6.00. The summed E-state index contributed by atoms with van der Waals surface area (Å²) in [5, 5.41) is 7.41. The largest absolute Gasteiger partial charge is 0.492 e. The molecule has 3 aromatic rings. The molecule has 0 radical (unpaired) electrons. The van der Waals surface area contributed by atoms with Gasteiger partial charge in [0, 0.05) is 36.8 Å². The quantitative estimate of drug-likeness (QED) is 0.140. The third-order valence-corrected chi connectivity index (χ3v) is 6.42. The molecule has 0 bridgehead atoms. The van der Waals surface area contributed by atoms with Crippen molar-refractivity contribution in [3.8, 4) is 5.75 Å². The van der Waals surface area contributed by atoms with E-state index in [0.29, 0.717) is 28.4 Å². The number of methoxy groups -OCH3 is 1. The Balaban J connectivity index is 1.92. The summed E-state index contributed by atoms with van der Waals surface area (Å²) in [7, 11) is 3.38. The lowest BCUT2D eigenvalue weighted by Gasteiger charge is -2.24. The second-order valence-electron chi connectivity index (χ2n) is 9.79. The van der Waals surface area contributed by atoms with E-state index in [1.54, 1.807) is 38.7 Å². The molecule has 0 saturated carbocycles. The van der Waals surface area contributed by atoms with Gasteiger partial charge in [0.15, 0.2) is 5.75 Å². The summed E-state index contributed by atoms with van der Waals surface area (Å²) in [4.78, 5) is 17.7. The number of amides is 1. The van der Waals surface area contributed by atoms with Gasteiger partial charge in [-0.3, -0.25) is 9.80 Å². The van der Waals surface area contributed by atoms with Crippen LogP contribution in [0.1, 0.15) is 47.8 Å². The van der Waals surface area contributed by atoms with Gasteiger partial charge in [-0.15, -0.1) is 0 Å². The molecule has 0 aliphatic carbocycles. The molecular formula is C28H37N7O2S. The Hall–Kier alpha value is -3.89. The molecule has 9 nitrogen and oxygen atoms in total. The molecule has 1 heterocycles. The number of hydrogen-bond acceptors (Lipinski definition) is 9.